The summed E-state index contributed by atoms with van der Waals surface area (Å²) in [5, 5.41) is 8.75. The number of hydrazone groups is 1. The van der Waals surface area contributed by atoms with Crippen LogP contribution in [0.1, 0.15) is 22.3 Å². The number of hydrogen-bond acceptors (Lipinski definition) is 6. The van der Waals surface area contributed by atoms with Crippen LogP contribution in [0.25, 0.3) is 0 Å². The maximum absolute atomic E-state index is 12.6. The standard InChI is InChI=1S/C20H20N4O4S/c1-12-6-8-13(9-7-12)18(26)23-24-20-22-17(25)11-16(29-20)19(27)21-14-4-3-5-15(10-14)28-2/h3-10,16H,11H2,1-2H3,(H,21,27)(H,23,26)(H,22,24,25)/t16-/m1/s1. The van der Waals surface area contributed by atoms with Crippen LogP contribution >= 0.6 is 11.8 Å². The first kappa shape index (κ1) is 20.4. The third-order valence-electron chi connectivity index (χ3n) is 4.07. The summed E-state index contributed by atoms with van der Waals surface area (Å²) in [5.74, 6) is -0.484. The smallest absolute Gasteiger partial charge is 0.271 e. The second-order valence-corrected chi connectivity index (χ2v) is 7.50. The van der Waals surface area contributed by atoms with Crippen LogP contribution in [0.2, 0.25) is 0 Å². The predicted octanol–water partition coefficient (Wildman–Crippen LogP) is 2.26. The quantitative estimate of drug-likeness (QED) is 0.653. The van der Waals surface area contributed by atoms with E-state index in [0.29, 0.717) is 17.0 Å². The minimum atomic E-state index is -0.676. The molecule has 1 fully saturated rings. The van der Waals surface area contributed by atoms with Crippen molar-refractivity contribution >= 4 is 40.3 Å². The van der Waals surface area contributed by atoms with E-state index < -0.39 is 11.2 Å². The number of carbonyl (C=O) groups excluding carboxylic acids is 3. The monoisotopic (exact) mass is 412 g/mol. The Morgan fingerprint density at radius 1 is 1.21 bits per heavy atom. The highest BCUT2D eigenvalue weighted by molar-refractivity contribution is 8.15. The molecule has 2 aromatic carbocycles. The van der Waals surface area contributed by atoms with Gasteiger partial charge in [-0.25, -0.2) is 5.43 Å². The average molecular weight is 412 g/mol. The van der Waals surface area contributed by atoms with E-state index in [4.69, 9.17) is 4.74 Å². The van der Waals surface area contributed by atoms with Gasteiger partial charge in [-0.15, -0.1) is 5.10 Å². The van der Waals surface area contributed by atoms with Crippen molar-refractivity contribution in [2.24, 2.45) is 5.10 Å². The van der Waals surface area contributed by atoms with E-state index in [9.17, 15) is 14.4 Å². The lowest BCUT2D eigenvalue weighted by atomic mass is 10.1. The number of nitrogens with zero attached hydrogens (tertiary/aromatic N) is 1. The number of anilines is 1. The largest absolute Gasteiger partial charge is 0.497 e. The lowest BCUT2D eigenvalue weighted by Crippen LogP contribution is -2.42. The van der Waals surface area contributed by atoms with Gasteiger partial charge in [0.1, 0.15) is 11.0 Å². The Labute approximate surface area is 172 Å². The van der Waals surface area contributed by atoms with E-state index in [0.717, 1.165) is 17.3 Å². The first-order valence-electron chi connectivity index (χ1n) is 8.80. The molecule has 0 saturated carbocycles. The van der Waals surface area contributed by atoms with E-state index >= 15 is 0 Å². The molecule has 3 rings (SSSR count). The first-order valence-corrected chi connectivity index (χ1v) is 9.68. The van der Waals surface area contributed by atoms with Gasteiger partial charge in [0.25, 0.3) is 5.91 Å². The zero-order chi connectivity index (χ0) is 20.8. The van der Waals surface area contributed by atoms with Gasteiger partial charge in [0, 0.05) is 23.7 Å². The van der Waals surface area contributed by atoms with Crippen molar-refractivity contribution in [3.8, 4) is 5.75 Å². The summed E-state index contributed by atoms with van der Waals surface area (Å²) < 4.78 is 5.13. The molecule has 3 amide bonds. The van der Waals surface area contributed by atoms with Crippen molar-refractivity contribution in [1.29, 1.82) is 0 Å². The molecule has 150 valence electrons. The molecule has 0 spiro atoms. The van der Waals surface area contributed by atoms with Gasteiger partial charge in [0.15, 0.2) is 5.17 Å². The zero-order valence-electron chi connectivity index (χ0n) is 15.9. The zero-order valence-corrected chi connectivity index (χ0v) is 16.7. The van der Waals surface area contributed by atoms with Crippen LogP contribution < -0.4 is 20.8 Å². The number of aryl methyl sites for hydroxylation is 1. The molecule has 29 heavy (non-hydrogen) atoms. The molecule has 0 radical (unpaired) electrons. The summed E-state index contributed by atoms with van der Waals surface area (Å²) in [5.41, 5.74) is 4.44. The molecule has 2 aromatic rings. The fourth-order valence-electron chi connectivity index (χ4n) is 2.54. The van der Waals surface area contributed by atoms with Gasteiger partial charge < -0.3 is 15.4 Å². The minimum absolute atomic E-state index is 0.00535. The molecular weight excluding hydrogens is 392 g/mol. The number of amidine groups is 1. The minimum Gasteiger partial charge on any atom is -0.497 e. The van der Waals surface area contributed by atoms with Gasteiger partial charge in [0.05, 0.1) is 7.11 Å². The maximum atomic E-state index is 12.6. The third kappa shape index (κ3) is 5.58. The molecule has 9 heteroatoms. The lowest BCUT2D eigenvalue weighted by molar-refractivity contribution is -0.123. The number of amides is 3. The Morgan fingerprint density at radius 2 is 1.97 bits per heavy atom. The second-order valence-electron chi connectivity index (χ2n) is 6.30. The molecule has 3 N–H and O–H groups in total. The molecule has 1 saturated heterocycles. The van der Waals surface area contributed by atoms with Crippen molar-refractivity contribution < 1.29 is 19.1 Å². The third-order valence-corrected chi connectivity index (χ3v) is 5.16. The van der Waals surface area contributed by atoms with E-state index in [-0.39, 0.29) is 23.4 Å². The van der Waals surface area contributed by atoms with E-state index in [2.05, 4.69) is 21.2 Å². The molecule has 8 nitrogen and oxygen atoms in total. The topological polar surface area (TPSA) is 109 Å². The molecule has 1 atom stereocenters. The summed E-state index contributed by atoms with van der Waals surface area (Å²) in [6, 6.07) is 13.9. The van der Waals surface area contributed by atoms with Crippen LogP contribution in [0, 0.1) is 6.92 Å². The molecule has 0 bridgehead atoms. The SMILES string of the molecule is COc1cccc(NC(=O)[C@H]2CC(=O)NC(=NNC(=O)c3ccc(C)cc3)S2)c1. The number of rotatable bonds is 5. The number of thioether (sulfide) groups is 1. The fraction of sp³-hybridized carbons (Fsp3) is 0.200. The summed E-state index contributed by atoms with van der Waals surface area (Å²) in [6.07, 6.45) is 0.00535. The Bertz CT molecular complexity index is 959. The van der Waals surface area contributed by atoms with Crippen LogP contribution in [0.3, 0.4) is 0 Å². The highest BCUT2D eigenvalue weighted by atomic mass is 32.2. The van der Waals surface area contributed by atoms with E-state index in [1.807, 2.05) is 19.1 Å². The molecule has 1 aliphatic rings. The Hall–Kier alpha value is -3.33. The second kappa shape index (κ2) is 9.24. The Kier molecular flexibility index (Phi) is 6.50. The van der Waals surface area contributed by atoms with Crippen molar-refractivity contribution in [2.75, 3.05) is 12.4 Å². The van der Waals surface area contributed by atoms with Crippen molar-refractivity contribution in [3.63, 3.8) is 0 Å². The predicted molar refractivity (Wildman–Crippen MR) is 112 cm³/mol. The molecule has 1 heterocycles. The highest BCUT2D eigenvalue weighted by Crippen LogP contribution is 2.23. The molecule has 0 aromatic heterocycles. The molecule has 0 aliphatic carbocycles. The van der Waals surface area contributed by atoms with Crippen molar-refractivity contribution in [2.45, 2.75) is 18.6 Å². The Morgan fingerprint density at radius 3 is 2.69 bits per heavy atom. The first-order chi connectivity index (χ1) is 13.9. The van der Waals surface area contributed by atoms with Crippen LogP contribution in [0.15, 0.2) is 53.6 Å². The molecule has 0 unspecified atom stereocenters. The number of ether oxygens (including phenoxy) is 1. The van der Waals surface area contributed by atoms with Gasteiger partial charge in [0.2, 0.25) is 11.8 Å². The number of nitrogens with one attached hydrogen (secondary N) is 3. The van der Waals surface area contributed by atoms with Gasteiger partial charge in [-0.2, -0.15) is 0 Å². The van der Waals surface area contributed by atoms with Gasteiger partial charge in [-0.1, -0.05) is 35.5 Å². The maximum Gasteiger partial charge on any atom is 0.271 e. The number of benzene rings is 2. The fourth-order valence-corrected chi connectivity index (χ4v) is 3.48. The molecule has 1 aliphatic heterocycles. The van der Waals surface area contributed by atoms with Gasteiger partial charge >= 0.3 is 0 Å². The highest BCUT2D eigenvalue weighted by Gasteiger charge is 2.30. The van der Waals surface area contributed by atoms with E-state index in [1.54, 1.807) is 36.4 Å². The van der Waals surface area contributed by atoms with Crippen molar-refractivity contribution in [3.05, 3.63) is 59.7 Å². The van der Waals surface area contributed by atoms with E-state index in [1.165, 1.54) is 7.11 Å². The molecular formula is C20H20N4O4S. The number of methoxy groups -OCH3 is 1. The van der Waals surface area contributed by atoms with Crippen molar-refractivity contribution in [1.82, 2.24) is 10.7 Å². The van der Waals surface area contributed by atoms with Gasteiger partial charge in [-0.3, -0.25) is 14.4 Å². The average Bonchev–Trinajstić information content (AvgIpc) is 2.72. The summed E-state index contributed by atoms with van der Waals surface area (Å²) in [7, 11) is 1.54. The number of carbonyl (C=O) groups is 3. The van der Waals surface area contributed by atoms with Gasteiger partial charge in [-0.05, 0) is 31.2 Å². The summed E-state index contributed by atoms with van der Waals surface area (Å²) in [6.45, 7) is 1.92. The van der Waals surface area contributed by atoms with Crippen LogP contribution in [0.4, 0.5) is 5.69 Å². The van der Waals surface area contributed by atoms with Crippen LogP contribution in [-0.4, -0.2) is 35.2 Å². The summed E-state index contributed by atoms with van der Waals surface area (Å²) in [4.78, 5) is 36.7. The lowest BCUT2D eigenvalue weighted by Gasteiger charge is -2.22. The van der Waals surface area contributed by atoms with Crippen LogP contribution in [0.5, 0.6) is 5.75 Å². The normalized spacial score (nSPS) is 17.4. The Balaban J connectivity index is 1.63. The van der Waals surface area contributed by atoms with Crippen LogP contribution in [-0.2, 0) is 9.59 Å². The summed E-state index contributed by atoms with van der Waals surface area (Å²) >= 11 is 1.07. The number of hydrogen-bond donors (Lipinski definition) is 3.